The third-order valence-electron chi connectivity index (χ3n) is 6.46. The third kappa shape index (κ3) is 6.04. The molecule has 1 aliphatic carbocycles. The monoisotopic (exact) mass is 475 g/mol. The first-order chi connectivity index (χ1) is 16.7. The van der Waals surface area contributed by atoms with Gasteiger partial charge < -0.3 is 19.1 Å². The van der Waals surface area contributed by atoms with Crippen LogP contribution in [0.2, 0.25) is 0 Å². The van der Waals surface area contributed by atoms with Crippen molar-refractivity contribution in [2.24, 2.45) is 5.92 Å². The second-order valence-corrected chi connectivity index (χ2v) is 8.77. The molecule has 172 valence electrons. The van der Waals surface area contributed by atoms with Crippen LogP contribution in [0.1, 0.15) is 36.6 Å². The molecular weight excluding hydrogens is 449 g/mol. The number of carbonyl (C=O) groups is 1. The van der Waals surface area contributed by atoms with Crippen molar-refractivity contribution in [2.45, 2.75) is 31.6 Å². The number of carboxylic acids is 1. The molecule has 1 aliphatic rings. The van der Waals surface area contributed by atoms with Crippen LogP contribution in [0.3, 0.4) is 0 Å². The molecule has 1 aromatic heterocycles. The fraction of sp³-hybridized carbons (Fsp3) is 0.241. The van der Waals surface area contributed by atoms with E-state index in [0.29, 0.717) is 11.7 Å². The summed E-state index contributed by atoms with van der Waals surface area (Å²) in [7, 11) is 0. The van der Waals surface area contributed by atoms with E-state index in [1.807, 2.05) is 48.5 Å². The standard InChI is InChI=1S/C29H27NO4.Na/c31-26(32)19-33-24-15-7-9-20(18-24)17-23-14-8-16-25(23)29-30-27(21-10-3-1-4-11-21)28(34-29)22-12-5-2-6-13-22;/h1-7,9-13,15,18,23,25H,8,14,16-17,19H2,(H,31,32);/q;+1/p-1/t23-,25+;/m0./s1. The predicted octanol–water partition coefficient (Wildman–Crippen LogP) is 2.27. The van der Waals surface area contributed by atoms with E-state index < -0.39 is 12.6 Å². The van der Waals surface area contributed by atoms with Gasteiger partial charge in [0.2, 0.25) is 0 Å². The Hall–Kier alpha value is -2.86. The first-order valence-electron chi connectivity index (χ1n) is 11.7. The van der Waals surface area contributed by atoms with Gasteiger partial charge in [-0.15, -0.1) is 0 Å². The molecule has 35 heavy (non-hydrogen) atoms. The molecule has 0 spiro atoms. The van der Waals surface area contributed by atoms with Gasteiger partial charge in [-0.1, -0.05) is 79.2 Å². The van der Waals surface area contributed by atoms with Gasteiger partial charge in [0, 0.05) is 17.0 Å². The molecule has 4 aromatic rings. The van der Waals surface area contributed by atoms with Crippen LogP contribution in [-0.2, 0) is 11.2 Å². The van der Waals surface area contributed by atoms with Crippen LogP contribution >= 0.6 is 0 Å². The Bertz CT molecular complexity index is 1200. The molecule has 0 N–H and O–H groups in total. The maximum atomic E-state index is 10.7. The molecule has 3 aromatic carbocycles. The number of nitrogens with zero attached hydrogens (tertiary/aromatic N) is 1. The number of rotatable bonds is 8. The van der Waals surface area contributed by atoms with E-state index in [2.05, 4.69) is 30.3 Å². The van der Waals surface area contributed by atoms with Crippen molar-refractivity contribution >= 4 is 5.97 Å². The molecule has 0 bridgehead atoms. The SMILES string of the molecule is O=C([O-])COc1cccc(C[C@@H]2CCC[C@H]2c2nc(-c3ccccc3)c(-c3ccccc3)o2)c1.[Na+]. The maximum Gasteiger partial charge on any atom is 1.00 e. The summed E-state index contributed by atoms with van der Waals surface area (Å²) in [6, 6.07) is 28.0. The Kier molecular flexibility index (Phi) is 8.45. The van der Waals surface area contributed by atoms with Crippen LogP contribution in [0.4, 0.5) is 0 Å². The number of aliphatic carboxylic acids is 1. The first-order valence-corrected chi connectivity index (χ1v) is 11.7. The van der Waals surface area contributed by atoms with E-state index in [4.69, 9.17) is 14.1 Å². The summed E-state index contributed by atoms with van der Waals surface area (Å²) in [6.07, 6.45) is 4.11. The zero-order valence-electron chi connectivity index (χ0n) is 19.9. The Morgan fingerprint density at radius 1 is 0.943 bits per heavy atom. The van der Waals surface area contributed by atoms with Crippen molar-refractivity contribution in [3.8, 4) is 28.3 Å². The van der Waals surface area contributed by atoms with E-state index in [0.717, 1.165) is 59.7 Å². The number of hydrogen-bond acceptors (Lipinski definition) is 5. The second-order valence-electron chi connectivity index (χ2n) is 8.77. The van der Waals surface area contributed by atoms with Crippen molar-refractivity contribution in [3.05, 3.63) is 96.4 Å². The molecule has 1 heterocycles. The molecule has 0 aliphatic heterocycles. The van der Waals surface area contributed by atoms with E-state index in [1.54, 1.807) is 6.07 Å². The maximum absolute atomic E-state index is 10.7. The average Bonchev–Trinajstić information content (AvgIpc) is 3.51. The minimum absolute atomic E-state index is 0. The number of oxazole rings is 1. The summed E-state index contributed by atoms with van der Waals surface area (Å²) in [4.78, 5) is 15.8. The van der Waals surface area contributed by atoms with Crippen molar-refractivity contribution in [3.63, 3.8) is 0 Å². The molecule has 0 radical (unpaired) electrons. The van der Waals surface area contributed by atoms with Gasteiger partial charge in [-0.3, -0.25) is 0 Å². The Morgan fingerprint density at radius 3 is 2.37 bits per heavy atom. The van der Waals surface area contributed by atoms with Gasteiger partial charge in [0.25, 0.3) is 0 Å². The van der Waals surface area contributed by atoms with Crippen molar-refractivity contribution < 1.29 is 48.6 Å². The van der Waals surface area contributed by atoms with Gasteiger partial charge >= 0.3 is 29.6 Å². The van der Waals surface area contributed by atoms with E-state index in [-0.39, 0.29) is 35.5 Å². The number of ether oxygens (including phenoxy) is 1. The smallest absolute Gasteiger partial charge is 0.546 e. The number of aromatic nitrogens is 1. The average molecular weight is 476 g/mol. The molecule has 1 saturated carbocycles. The third-order valence-corrected chi connectivity index (χ3v) is 6.46. The molecular formula is C29H26NNaO4. The largest absolute Gasteiger partial charge is 1.00 e. The van der Waals surface area contributed by atoms with Gasteiger partial charge in [-0.2, -0.15) is 0 Å². The minimum Gasteiger partial charge on any atom is -0.546 e. The fourth-order valence-corrected chi connectivity index (χ4v) is 4.89. The van der Waals surface area contributed by atoms with Crippen molar-refractivity contribution in [1.29, 1.82) is 0 Å². The molecule has 1 fully saturated rings. The zero-order valence-corrected chi connectivity index (χ0v) is 21.9. The van der Waals surface area contributed by atoms with Crippen LogP contribution in [0.15, 0.2) is 89.3 Å². The summed E-state index contributed by atoms with van der Waals surface area (Å²) in [6.45, 7) is -0.448. The van der Waals surface area contributed by atoms with E-state index >= 15 is 0 Å². The molecule has 0 amide bonds. The number of benzene rings is 3. The van der Waals surface area contributed by atoms with Gasteiger partial charge in [0.1, 0.15) is 18.1 Å². The van der Waals surface area contributed by atoms with Gasteiger partial charge in [0.15, 0.2) is 11.7 Å². The minimum atomic E-state index is -1.23. The Morgan fingerprint density at radius 2 is 1.66 bits per heavy atom. The Balaban J connectivity index is 0.00000289. The van der Waals surface area contributed by atoms with Crippen molar-refractivity contribution in [1.82, 2.24) is 4.98 Å². The summed E-state index contributed by atoms with van der Waals surface area (Å²) in [5, 5.41) is 10.7. The normalized spacial score (nSPS) is 17.0. The Labute approximate surface area is 227 Å². The summed E-state index contributed by atoms with van der Waals surface area (Å²) in [5.41, 5.74) is 4.06. The first kappa shape index (κ1) is 25.2. The van der Waals surface area contributed by atoms with Crippen LogP contribution in [0, 0.1) is 5.92 Å². The van der Waals surface area contributed by atoms with Gasteiger partial charge in [-0.05, 0) is 42.9 Å². The van der Waals surface area contributed by atoms with Crippen molar-refractivity contribution in [2.75, 3.05) is 6.61 Å². The summed E-state index contributed by atoms with van der Waals surface area (Å²) >= 11 is 0. The molecule has 2 atom stereocenters. The van der Waals surface area contributed by atoms with Crippen LogP contribution in [0.5, 0.6) is 5.75 Å². The van der Waals surface area contributed by atoms with E-state index in [9.17, 15) is 9.90 Å². The van der Waals surface area contributed by atoms with Gasteiger partial charge in [0.05, 0.1) is 5.97 Å². The molecule has 5 nitrogen and oxygen atoms in total. The predicted molar refractivity (Wildman–Crippen MR) is 128 cm³/mol. The van der Waals surface area contributed by atoms with E-state index in [1.165, 1.54) is 0 Å². The molecule has 0 unspecified atom stereocenters. The molecule has 0 saturated heterocycles. The quantitative estimate of drug-likeness (QED) is 0.366. The fourth-order valence-electron chi connectivity index (χ4n) is 4.89. The van der Waals surface area contributed by atoms with Gasteiger partial charge in [-0.25, -0.2) is 4.98 Å². The topological polar surface area (TPSA) is 75.4 Å². The number of carbonyl (C=O) groups excluding carboxylic acids is 1. The zero-order chi connectivity index (χ0) is 23.3. The number of hydrogen-bond donors (Lipinski definition) is 0. The molecule has 5 rings (SSSR count). The molecule has 6 heteroatoms. The van der Waals surface area contributed by atoms with Crippen LogP contribution < -0.4 is 39.4 Å². The second kappa shape index (κ2) is 11.7. The number of carboxylic acid groups (broad SMARTS) is 1. The van der Waals surface area contributed by atoms with Crippen LogP contribution in [0.25, 0.3) is 22.6 Å². The summed E-state index contributed by atoms with van der Waals surface area (Å²) in [5.74, 6) is 1.54. The van der Waals surface area contributed by atoms with Crippen LogP contribution in [-0.4, -0.2) is 17.6 Å². The summed E-state index contributed by atoms with van der Waals surface area (Å²) < 4.78 is 11.8.